The number of ether oxygens (including phenoxy) is 1. The van der Waals surface area contributed by atoms with E-state index in [0.29, 0.717) is 18.1 Å². The minimum absolute atomic E-state index is 0.316. The fourth-order valence-electron chi connectivity index (χ4n) is 2.44. The van der Waals surface area contributed by atoms with Gasteiger partial charge in [0.1, 0.15) is 12.4 Å². The number of hydrogen-bond acceptors (Lipinski definition) is 4. The number of unbranched alkanes of at least 4 members (excludes halogenated alkanes) is 4. The van der Waals surface area contributed by atoms with E-state index in [1.165, 1.54) is 19.3 Å². The maximum atomic E-state index is 12.0. The van der Waals surface area contributed by atoms with Crippen LogP contribution >= 0.6 is 0 Å². The molecule has 0 aromatic heterocycles. The van der Waals surface area contributed by atoms with Crippen LogP contribution in [-0.2, 0) is 9.78 Å². The topological polar surface area (TPSA) is 44.8 Å². The quantitative estimate of drug-likeness (QED) is 0.231. The number of rotatable bonds is 14. The fourth-order valence-corrected chi connectivity index (χ4v) is 2.44. The highest BCUT2D eigenvalue weighted by Crippen LogP contribution is 2.18. The molecule has 25 heavy (non-hydrogen) atoms. The van der Waals surface area contributed by atoms with Crippen molar-refractivity contribution in [3.8, 4) is 5.75 Å². The summed E-state index contributed by atoms with van der Waals surface area (Å²) < 4.78 is 5.66. The van der Waals surface area contributed by atoms with Crippen LogP contribution in [-0.4, -0.2) is 12.6 Å². The molecule has 0 N–H and O–H groups in total. The first-order valence-corrected chi connectivity index (χ1v) is 9.65. The normalized spacial score (nSPS) is 12.0. The van der Waals surface area contributed by atoms with Gasteiger partial charge in [-0.3, -0.25) is 4.89 Å². The molecule has 0 saturated carbocycles. The maximum absolute atomic E-state index is 12.0. The summed E-state index contributed by atoms with van der Waals surface area (Å²) in [7, 11) is 0. The van der Waals surface area contributed by atoms with Crippen molar-refractivity contribution in [1.29, 1.82) is 0 Å². The SMILES string of the molecule is CCCCCCOc1ccc(C(=O)OO[CH]C(CC)CCCC)cc1. The number of carbonyl (C=O) groups excluding carboxylic acids is 1. The van der Waals surface area contributed by atoms with E-state index in [-0.39, 0.29) is 0 Å². The first kappa shape index (κ1) is 21.5. The van der Waals surface area contributed by atoms with Crippen molar-refractivity contribution < 1.29 is 19.3 Å². The Bertz CT molecular complexity index is 455. The Morgan fingerprint density at radius 2 is 1.72 bits per heavy atom. The minimum atomic E-state index is -0.490. The molecule has 0 spiro atoms. The minimum Gasteiger partial charge on any atom is -0.494 e. The lowest BCUT2D eigenvalue weighted by molar-refractivity contribution is -0.219. The second kappa shape index (κ2) is 13.7. The zero-order valence-corrected chi connectivity index (χ0v) is 16.0. The van der Waals surface area contributed by atoms with Crippen LogP contribution in [0, 0.1) is 12.5 Å². The highest BCUT2D eigenvalue weighted by Gasteiger charge is 2.12. The van der Waals surface area contributed by atoms with E-state index < -0.39 is 5.97 Å². The lowest BCUT2D eigenvalue weighted by atomic mass is 10.0. The van der Waals surface area contributed by atoms with Crippen molar-refractivity contribution >= 4 is 5.97 Å². The second-order valence-corrected chi connectivity index (χ2v) is 6.35. The maximum Gasteiger partial charge on any atom is 0.373 e. The number of benzene rings is 1. The Labute approximate surface area is 152 Å². The molecule has 1 aromatic rings. The van der Waals surface area contributed by atoms with E-state index >= 15 is 0 Å². The Morgan fingerprint density at radius 3 is 2.36 bits per heavy atom. The van der Waals surface area contributed by atoms with E-state index in [1.807, 2.05) is 0 Å². The first-order valence-electron chi connectivity index (χ1n) is 9.65. The van der Waals surface area contributed by atoms with Crippen LogP contribution < -0.4 is 4.74 Å². The van der Waals surface area contributed by atoms with Gasteiger partial charge in [0.15, 0.2) is 0 Å². The third-order valence-electron chi connectivity index (χ3n) is 4.18. The molecule has 1 aromatic carbocycles. The molecule has 4 nitrogen and oxygen atoms in total. The zero-order chi connectivity index (χ0) is 18.3. The average molecular weight is 349 g/mol. The third kappa shape index (κ3) is 9.49. The largest absolute Gasteiger partial charge is 0.494 e. The molecule has 1 radical (unpaired) electrons. The molecule has 4 heteroatoms. The van der Waals surface area contributed by atoms with Gasteiger partial charge in [-0.05, 0) is 43.0 Å². The van der Waals surface area contributed by atoms with Gasteiger partial charge < -0.3 is 4.74 Å². The summed E-state index contributed by atoms with van der Waals surface area (Å²) in [5.74, 6) is 0.596. The van der Waals surface area contributed by atoms with Crippen molar-refractivity contribution in [1.82, 2.24) is 0 Å². The highest BCUT2D eigenvalue weighted by atomic mass is 17.2. The fraction of sp³-hybridized carbons (Fsp3) is 0.619. The van der Waals surface area contributed by atoms with Gasteiger partial charge in [-0.25, -0.2) is 4.79 Å². The summed E-state index contributed by atoms with van der Waals surface area (Å²) in [4.78, 5) is 21.9. The van der Waals surface area contributed by atoms with E-state index in [0.717, 1.165) is 37.9 Å². The molecule has 1 rings (SSSR count). The second-order valence-electron chi connectivity index (χ2n) is 6.35. The summed E-state index contributed by atoms with van der Waals surface area (Å²) in [6.07, 6.45) is 9.01. The summed E-state index contributed by atoms with van der Waals surface area (Å²) in [6.45, 7) is 8.78. The van der Waals surface area contributed by atoms with Gasteiger partial charge in [0, 0.05) is 0 Å². The first-order chi connectivity index (χ1) is 12.2. The van der Waals surface area contributed by atoms with Gasteiger partial charge in [-0.15, -0.1) is 0 Å². The summed E-state index contributed by atoms with van der Waals surface area (Å²) >= 11 is 0. The van der Waals surface area contributed by atoms with E-state index in [9.17, 15) is 4.79 Å². The lowest BCUT2D eigenvalue weighted by Gasteiger charge is -2.12. The molecule has 0 heterocycles. The molecule has 0 aliphatic heterocycles. The van der Waals surface area contributed by atoms with E-state index in [2.05, 4.69) is 20.8 Å². The molecule has 0 aliphatic carbocycles. The summed E-state index contributed by atoms with van der Waals surface area (Å²) in [5.41, 5.74) is 0.452. The van der Waals surface area contributed by atoms with Crippen molar-refractivity contribution in [3.05, 3.63) is 36.4 Å². The Kier molecular flexibility index (Phi) is 11.8. The van der Waals surface area contributed by atoms with Crippen molar-refractivity contribution in [2.75, 3.05) is 6.61 Å². The Morgan fingerprint density at radius 1 is 1.00 bits per heavy atom. The highest BCUT2D eigenvalue weighted by molar-refractivity contribution is 5.89. The molecule has 1 unspecified atom stereocenters. The Hall–Kier alpha value is -1.55. The standard InChI is InChI=1S/C21H33O4/c1-4-7-9-10-16-23-20-14-12-19(13-15-20)21(22)25-24-17-18(6-3)11-8-5-2/h12-15,17-18H,4-11,16H2,1-3H3. The molecular formula is C21H33O4. The predicted octanol–water partition coefficient (Wildman–Crippen LogP) is 6.11. The van der Waals surface area contributed by atoms with Crippen LogP contribution in [0.3, 0.4) is 0 Å². The monoisotopic (exact) mass is 349 g/mol. The summed E-state index contributed by atoms with van der Waals surface area (Å²) in [5, 5.41) is 0. The van der Waals surface area contributed by atoms with Crippen LogP contribution in [0.5, 0.6) is 5.75 Å². The zero-order valence-electron chi connectivity index (χ0n) is 16.0. The van der Waals surface area contributed by atoms with Crippen LogP contribution in [0.2, 0.25) is 0 Å². The molecule has 0 fully saturated rings. The molecule has 0 aliphatic rings. The number of hydrogen-bond donors (Lipinski definition) is 0. The molecule has 0 amide bonds. The van der Waals surface area contributed by atoms with Gasteiger partial charge in [0.05, 0.1) is 12.2 Å². The Balaban J connectivity index is 2.29. The molecule has 0 saturated heterocycles. The van der Waals surface area contributed by atoms with Gasteiger partial charge in [0.2, 0.25) is 0 Å². The lowest BCUT2D eigenvalue weighted by Crippen LogP contribution is -2.09. The van der Waals surface area contributed by atoms with Crippen molar-refractivity contribution in [2.24, 2.45) is 5.92 Å². The van der Waals surface area contributed by atoms with Crippen LogP contribution in [0.1, 0.15) is 82.5 Å². The molecule has 0 bridgehead atoms. The van der Waals surface area contributed by atoms with E-state index in [1.54, 1.807) is 30.9 Å². The van der Waals surface area contributed by atoms with E-state index in [4.69, 9.17) is 14.5 Å². The van der Waals surface area contributed by atoms with Gasteiger partial charge in [0.25, 0.3) is 0 Å². The van der Waals surface area contributed by atoms with Crippen molar-refractivity contribution in [2.45, 2.75) is 72.1 Å². The molecule has 141 valence electrons. The van der Waals surface area contributed by atoms with Crippen LogP contribution in [0.25, 0.3) is 0 Å². The molecule has 1 atom stereocenters. The van der Waals surface area contributed by atoms with Crippen molar-refractivity contribution in [3.63, 3.8) is 0 Å². The van der Waals surface area contributed by atoms with Gasteiger partial charge in [-0.2, -0.15) is 4.89 Å². The number of carbonyl (C=O) groups is 1. The van der Waals surface area contributed by atoms with Crippen LogP contribution in [0.15, 0.2) is 24.3 Å². The summed E-state index contributed by atoms with van der Waals surface area (Å²) in [6, 6.07) is 6.97. The molecular weight excluding hydrogens is 316 g/mol. The van der Waals surface area contributed by atoms with Gasteiger partial charge in [-0.1, -0.05) is 59.3 Å². The third-order valence-corrected chi connectivity index (χ3v) is 4.18. The average Bonchev–Trinajstić information content (AvgIpc) is 2.64. The van der Waals surface area contributed by atoms with Gasteiger partial charge >= 0.3 is 5.97 Å². The smallest absolute Gasteiger partial charge is 0.373 e. The predicted molar refractivity (Wildman–Crippen MR) is 100 cm³/mol. The van der Waals surface area contributed by atoms with Crippen LogP contribution in [0.4, 0.5) is 0 Å².